The van der Waals surface area contributed by atoms with E-state index >= 15 is 0 Å². The smallest absolute Gasteiger partial charge is 0.278 e. The topological polar surface area (TPSA) is 64.4 Å². The summed E-state index contributed by atoms with van der Waals surface area (Å²) >= 11 is 0. The molecule has 0 saturated carbocycles. The highest BCUT2D eigenvalue weighted by Crippen LogP contribution is 2.27. The summed E-state index contributed by atoms with van der Waals surface area (Å²) in [6.07, 6.45) is 2.01. The molecule has 0 atom stereocenters. The molecular formula is C24H20N2O3. The zero-order valence-corrected chi connectivity index (χ0v) is 16.0. The number of ether oxygens (including phenoxy) is 1. The Morgan fingerprint density at radius 3 is 2.45 bits per heavy atom. The van der Waals surface area contributed by atoms with E-state index in [4.69, 9.17) is 9.15 Å². The predicted molar refractivity (Wildman–Crippen MR) is 112 cm³/mol. The molecule has 0 aliphatic rings. The average Bonchev–Trinajstić information content (AvgIpc) is 3.26. The molecule has 5 heteroatoms. The van der Waals surface area contributed by atoms with Crippen LogP contribution >= 0.6 is 0 Å². The van der Waals surface area contributed by atoms with Crippen molar-refractivity contribution in [2.75, 3.05) is 12.4 Å². The van der Waals surface area contributed by atoms with Crippen LogP contribution < -0.4 is 10.1 Å². The molecule has 29 heavy (non-hydrogen) atoms. The van der Waals surface area contributed by atoms with Crippen LogP contribution in [0.4, 0.5) is 5.69 Å². The molecule has 1 amide bonds. The molecule has 1 aromatic heterocycles. The molecule has 1 heterocycles. The van der Waals surface area contributed by atoms with Crippen molar-refractivity contribution in [2.24, 2.45) is 0 Å². The van der Waals surface area contributed by atoms with E-state index in [0.29, 0.717) is 5.76 Å². The maximum atomic E-state index is 12.9. The number of rotatable bonds is 6. The normalized spacial score (nSPS) is 10.5. The van der Waals surface area contributed by atoms with E-state index in [1.54, 1.807) is 7.11 Å². The van der Waals surface area contributed by atoms with Gasteiger partial charge in [0, 0.05) is 11.3 Å². The third-order valence-corrected chi connectivity index (χ3v) is 4.64. The summed E-state index contributed by atoms with van der Waals surface area (Å²) in [6, 6.07) is 25.2. The monoisotopic (exact) mass is 384 g/mol. The van der Waals surface area contributed by atoms with Gasteiger partial charge in [0.1, 0.15) is 5.75 Å². The lowest BCUT2D eigenvalue weighted by Crippen LogP contribution is -2.14. The van der Waals surface area contributed by atoms with E-state index in [9.17, 15) is 4.79 Å². The Morgan fingerprint density at radius 2 is 1.69 bits per heavy atom. The number of nitrogens with one attached hydrogen (secondary N) is 1. The highest BCUT2D eigenvalue weighted by Gasteiger charge is 2.19. The molecular weight excluding hydrogens is 364 g/mol. The Morgan fingerprint density at radius 1 is 0.966 bits per heavy atom. The van der Waals surface area contributed by atoms with Gasteiger partial charge in [-0.25, -0.2) is 4.98 Å². The second-order valence-electron chi connectivity index (χ2n) is 6.53. The van der Waals surface area contributed by atoms with Crippen molar-refractivity contribution in [3.05, 3.63) is 102 Å². The number of hydrogen-bond donors (Lipinski definition) is 1. The second-order valence-corrected chi connectivity index (χ2v) is 6.53. The van der Waals surface area contributed by atoms with Gasteiger partial charge in [-0.15, -0.1) is 0 Å². The number of hydrogen-bond acceptors (Lipinski definition) is 4. The molecule has 4 rings (SSSR count). The van der Waals surface area contributed by atoms with Gasteiger partial charge in [0.05, 0.1) is 7.11 Å². The fraction of sp³-hybridized carbons (Fsp3) is 0.0833. The fourth-order valence-electron chi connectivity index (χ4n) is 3.15. The minimum absolute atomic E-state index is 0.240. The molecule has 4 aromatic rings. The number of oxazole rings is 1. The molecule has 0 fully saturated rings. The molecule has 0 saturated heterocycles. The highest BCUT2D eigenvalue weighted by atomic mass is 16.5. The van der Waals surface area contributed by atoms with Crippen LogP contribution in [0.1, 0.15) is 21.6 Å². The predicted octanol–water partition coefficient (Wildman–Crippen LogP) is 5.19. The molecule has 3 aromatic carbocycles. The molecule has 1 N–H and O–H groups in total. The van der Waals surface area contributed by atoms with Crippen molar-refractivity contribution in [3.63, 3.8) is 0 Å². The Balaban J connectivity index is 1.57. The third kappa shape index (κ3) is 4.19. The first-order valence-electron chi connectivity index (χ1n) is 9.25. The molecule has 0 aliphatic carbocycles. The van der Waals surface area contributed by atoms with E-state index in [-0.39, 0.29) is 11.6 Å². The first-order chi connectivity index (χ1) is 14.2. The maximum absolute atomic E-state index is 12.9. The zero-order valence-electron chi connectivity index (χ0n) is 16.0. The molecule has 0 radical (unpaired) electrons. The van der Waals surface area contributed by atoms with Gasteiger partial charge >= 0.3 is 0 Å². The summed E-state index contributed by atoms with van der Waals surface area (Å²) in [5.74, 6) is 0.838. The highest BCUT2D eigenvalue weighted by molar-refractivity contribution is 6.06. The Kier molecular flexibility index (Phi) is 5.38. The van der Waals surface area contributed by atoms with Crippen molar-refractivity contribution in [2.45, 2.75) is 6.42 Å². The van der Waals surface area contributed by atoms with Crippen LogP contribution in [-0.4, -0.2) is 18.0 Å². The Labute approximate surface area is 169 Å². The molecule has 144 valence electrons. The van der Waals surface area contributed by atoms with Gasteiger partial charge in [-0.05, 0) is 47.9 Å². The third-order valence-electron chi connectivity index (χ3n) is 4.64. The van der Waals surface area contributed by atoms with Gasteiger partial charge in [-0.2, -0.15) is 0 Å². The maximum Gasteiger partial charge on any atom is 0.278 e. The lowest BCUT2D eigenvalue weighted by molar-refractivity contribution is 0.102. The van der Waals surface area contributed by atoms with Crippen LogP contribution in [0.25, 0.3) is 11.3 Å². The van der Waals surface area contributed by atoms with Gasteiger partial charge < -0.3 is 14.5 Å². The van der Waals surface area contributed by atoms with Crippen molar-refractivity contribution >= 4 is 11.6 Å². The summed E-state index contributed by atoms with van der Waals surface area (Å²) in [5, 5.41) is 2.98. The standard InChI is InChI=1S/C24H20N2O3/c1-28-20-13-11-18(12-14-20)23-22(25-16-29-23)24(27)26-21-10-6-5-9-19(21)15-17-7-3-2-4-8-17/h2-14,16H,15H2,1H3,(H,26,27). The number of aromatic nitrogens is 1. The first-order valence-corrected chi connectivity index (χ1v) is 9.25. The summed E-state index contributed by atoms with van der Waals surface area (Å²) in [7, 11) is 1.61. The number of benzene rings is 3. The van der Waals surface area contributed by atoms with E-state index < -0.39 is 0 Å². The van der Waals surface area contributed by atoms with Crippen molar-refractivity contribution in [1.29, 1.82) is 0 Å². The van der Waals surface area contributed by atoms with Crippen LogP contribution in [0.15, 0.2) is 89.7 Å². The second kappa shape index (κ2) is 8.44. The summed E-state index contributed by atoms with van der Waals surface area (Å²) < 4.78 is 10.7. The van der Waals surface area contributed by atoms with Gasteiger partial charge in [0.25, 0.3) is 5.91 Å². The van der Waals surface area contributed by atoms with Gasteiger partial charge in [0.15, 0.2) is 17.8 Å². The zero-order chi connectivity index (χ0) is 20.1. The minimum Gasteiger partial charge on any atom is -0.497 e. The number of methoxy groups -OCH3 is 1. The quantitative estimate of drug-likeness (QED) is 0.497. The van der Waals surface area contributed by atoms with Crippen LogP contribution in [0.2, 0.25) is 0 Å². The van der Waals surface area contributed by atoms with Crippen LogP contribution in [0, 0.1) is 0 Å². The number of para-hydroxylation sites is 1. The number of carbonyl (C=O) groups is 1. The van der Waals surface area contributed by atoms with Crippen LogP contribution in [-0.2, 0) is 6.42 Å². The number of anilines is 1. The summed E-state index contributed by atoms with van der Waals surface area (Å²) in [5.41, 5.74) is 3.96. The van der Waals surface area contributed by atoms with E-state index in [1.807, 2.05) is 66.7 Å². The molecule has 0 bridgehead atoms. The molecule has 0 spiro atoms. The lowest BCUT2D eigenvalue weighted by atomic mass is 10.0. The van der Waals surface area contributed by atoms with E-state index in [2.05, 4.69) is 22.4 Å². The summed E-state index contributed by atoms with van der Waals surface area (Å²) in [4.78, 5) is 17.1. The SMILES string of the molecule is COc1ccc(-c2ocnc2C(=O)Nc2ccccc2Cc2ccccc2)cc1. The summed E-state index contributed by atoms with van der Waals surface area (Å²) in [6.45, 7) is 0. The van der Waals surface area contributed by atoms with Crippen molar-refractivity contribution in [3.8, 4) is 17.1 Å². The number of carbonyl (C=O) groups excluding carboxylic acids is 1. The van der Waals surface area contributed by atoms with Crippen LogP contribution in [0.3, 0.4) is 0 Å². The molecule has 0 unspecified atom stereocenters. The van der Waals surface area contributed by atoms with Crippen LogP contribution in [0.5, 0.6) is 5.75 Å². The first kappa shape index (κ1) is 18.5. The Hall–Kier alpha value is -3.86. The van der Waals surface area contributed by atoms with Crippen molar-refractivity contribution < 1.29 is 13.9 Å². The van der Waals surface area contributed by atoms with Crippen molar-refractivity contribution in [1.82, 2.24) is 4.98 Å². The van der Waals surface area contributed by atoms with Gasteiger partial charge in [-0.3, -0.25) is 4.79 Å². The largest absolute Gasteiger partial charge is 0.497 e. The Bertz CT molecular complexity index is 1100. The number of amides is 1. The van der Waals surface area contributed by atoms with E-state index in [0.717, 1.165) is 29.0 Å². The fourth-order valence-corrected chi connectivity index (χ4v) is 3.15. The number of nitrogens with zero attached hydrogens (tertiary/aromatic N) is 1. The van der Waals surface area contributed by atoms with E-state index in [1.165, 1.54) is 12.0 Å². The molecule has 0 aliphatic heterocycles. The lowest BCUT2D eigenvalue weighted by Gasteiger charge is -2.11. The van der Waals surface area contributed by atoms with Gasteiger partial charge in [0.2, 0.25) is 0 Å². The molecule has 5 nitrogen and oxygen atoms in total. The minimum atomic E-state index is -0.315. The average molecular weight is 384 g/mol. The van der Waals surface area contributed by atoms with Gasteiger partial charge in [-0.1, -0.05) is 48.5 Å².